The normalized spacial score (nSPS) is 16.9. The van der Waals surface area contributed by atoms with Crippen LogP contribution in [0.5, 0.6) is 0 Å². The van der Waals surface area contributed by atoms with Gasteiger partial charge in [0.25, 0.3) is 0 Å². The quantitative estimate of drug-likeness (QED) is 0.283. The number of carbonyl (C=O) groups excluding carboxylic acids is 1. The van der Waals surface area contributed by atoms with Crippen molar-refractivity contribution < 1.29 is 4.79 Å². The maximum atomic E-state index is 12.9. The average molecular weight is 524 g/mol. The number of hydrogen-bond acceptors (Lipinski definition) is 3. The van der Waals surface area contributed by atoms with E-state index in [9.17, 15) is 4.79 Å². The standard InChI is InChI=1S/C31H33N5OS/c1-21-10-9-13-25(18-21)33-28(37)15-17-35-30(29(34-31(35)38)27-14-7-8-16-32-27)26-19-22(2)36(23(26)3)20-24-11-5-4-6-12-24/h4-14,16,18-19,29-30H,15,17,20H2,1-3H3,(H,33,37)(H,34,38)/t29-,30+/m0/s1. The Kier molecular flexibility index (Phi) is 7.56. The Bertz CT molecular complexity index is 1430. The van der Waals surface area contributed by atoms with Crippen LogP contribution in [0, 0.1) is 20.8 Å². The molecule has 2 N–H and O–H groups in total. The van der Waals surface area contributed by atoms with Gasteiger partial charge in [0.1, 0.15) is 0 Å². The number of nitrogens with zero attached hydrogens (tertiary/aromatic N) is 3. The second-order valence-corrected chi connectivity index (χ2v) is 10.3. The zero-order valence-corrected chi connectivity index (χ0v) is 22.8. The summed E-state index contributed by atoms with van der Waals surface area (Å²) in [6.07, 6.45) is 2.14. The van der Waals surface area contributed by atoms with Gasteiger partial charge in [-0.3, -0.25) is 9.78 Å². The lowest BCUT2D eigenvalue weighted by Gasteiger charge is -2.28. The van der Waals surface area contributed by atoms with E-state index in [2.05, 4.69) is 69.3 Å². The van der Waals surface area contributed by atoms with Crippen LogP contribution >= 0.6 is 12.2 Å². The number of benzene rings is 2. The van der Waals surface area contributed by atoms with Crippen LogP contribution in [0.3, 0.4) is 0 Å². The van der Waals surface area contributed by atoms with Crippen molar-refractivity contribution in [1.29, 1.82) is 0 Å². The number of hydrogen-bond donors (Lipinski definition) is 2. The Morgan fingerprint density at radius 2 is 1.79 bits per heavy atom. The Balaban J connectivity index is 1.43. The van der Waals surface area contributed by atoms with Crippen LogP contribution in [-0.4, -0.2) is 32.0 Å². The molecule has 0 unspecified atom stereocenters. The summed E-state index contributed by atoms with van der Waals surface area (Å²) >= 11 is 5.83. The van der Waals surface area contributed by atoms with Gasteiger partial charge < -0.3 is 20.1 Å². The van der Waals surface area contributed by atoms with E-state index in [4.69, 9.17) is 12.2 Å². The van der Waals surface area contributed by atoms with E-state index in [1.807, 2.05) is 61.7 Å². The molecule has 1 aliphatic heterocycles. The van der Waals surface area contributed by atoms with E-state index in [-0.39, 0.29) is 18.0 Å². The molecule has 3 heterocycles. The second kappa shape index (κ2) is 11.2. The highest BCUT2D eigenvalue weighted by molar-refractivity contribution is 7.80. The number of aryl methyl sites for hydroxylation is 2. The third-order valence-corrected chi connectivity index (χ3v) is 7.55. The molecule has 0 radical (unpaired) electrons. The first kappa shape index (κ1) is 25.7. The minimum Gasteiger partial charge on any atom is -0.352 e. The maximum Gasteiger partial charge on any atom is 0.226 e. The van der Waals surface area contributed by atoms with Crippen LogP contribution in [0.2, 0.25) is 0 Å². The monoisotopic (exact) mass is 523 g/mol. The van der Waals surface area contributed by atoms with Gasteiger partial charge in [0.15, 0.2) is 5.11 Å². The highest BCUT2D eigenvalue weighted by atomic mass is 32.1. The number of pyridine rings is 1. The van der Waals surface area contributed by atoms with Gasteiger partial charge in [0.05, 0.1) is 17.8 Å². The number of carbonyl (C=O) groups is 1. The molecular formula is C31H33N5OS. The first-order chi connectivity index (χ1) is 18.4. The highest BCUT2D eigenvalue weighted by Gasteiger charge is 2.41. The summed E-state index contributed by atoms with van der Waals surface area (Å²) in [5.74, 6) is -0.0343. The molecule has 1 fully saturated rings. The first-order valence-corrected chi connectivity index (χ1v) is 13.4. The van der Waals surface area contributed by atoms with Crippen molar-refractivity contribution in [3.05, 3.63) is 119 Å². The van der Waals surface area contributed by atoms with Crippen LogP contribution in [0.1, 0.15) is 52.3 Å². The minimum atomic E-state index is -0.116. The molecule has 2 aromatic carbocycles. The first-order valence-electron chi connectivity index (χ1n) is 13.0. The molecule has 194 valence electrons. The summed E-state index contributed by atoms with van der Waals surface area (Å²) < 4.78 is 2.35. The number of aromatic nitrogens is 2. The van der Waals surface area contributed by atoms with Gasteiger partial charge in [0, 0.05) is 42.8 Å². The van der Waals surface area contributed by atoms with E-state index in [0.717, 1.165) is 23.5 Å². The van der Waals surface area contributed by atoms with Crippen molar-refractivity contribution in [2.45, 2.75) is 45.8 Å². The zero-order valence-electron chi connectivity index (χ0n) is 22.0. The molecule has 1 saturated heterocycles. The fraction of sp³-hybridized carbons (Fsp3) is 0.258. The fourth-order valence-electron chi connectivity index (χ4n) is 5.29. The molecule has 38 heavy (non-hydrogen) atoms. The molecule has 1 aliphatic rings. The molecule has 0 aliphatic carbocycles. The van der Waals surface area contributed by atoms with Gasteiger partial charge in [-0.05, 0) is 80.0 Å². The topological polar surface area (TPSA) is 62.2 Å². The van der Waals surface area contributed by atoms with Crippen molar-refractivity contribution in [1.82, 2.24) is 19.8 Å². The summed E-state index contributed by atoms with van der Waals surface area (Å²) in [5, 5.41) is 7.18. The van der Waals surface area contributed by atoms with Gasteiger partial charge in [-0.25, -0.2) is 0 Å². The molecule has 7 heteroatoms. The molecule has 2 aromatic heterocycles. The largest absolute Gasteiger partial charge is 0.352 e. The molecule has 6 nitrogen and oxygen atoms in total. The minimum absolute atomic E-state index is 0.0343. The van der Waals surface area contributed by atoms with E-state index in [1.165, 1.54) is 22.5 Å². The Morgan fingerprint density at radius 1 is 1.00 bits per heavy atom. The van der Waals surface area contributed by atoms with E-state index in [0.29, 0.717) is 18.1 Å². The lowest BCUT2D eigenvalue weighted by Crippen LogP contribution is -2.33. The molecule has 4 aromatic rings. The Morgan fingerprint density at radius 3 is 2.53 bits per heavy atom. The molecule has 0 spiro atoms. The summed E-state index contributed by atoms with van der Waals surface area (Å²) in [6, 6.07) is 26.4. The molecule has 1 amide bonds. The van der Waals surface area contributed by atoms with Crippen molar-refractivity contribution in [2.24, 2.45) is 0 Å². The van der Waals surface area contributed by atoms with Crippen molar-refractivity contribution >= 4 is 28.9 Å². The van der Waals surface area contributed by atoms with Gasteiger partial charge in [-0.2, -0.15) is 0 Å². The lowest BCUT2D eigenvalue weighted by molar-refractivity contribution is -0.116. The van der Waals surface area contributed by atoms with Crippen LogP contribution in [0.15, 0.2) is 85.1 Å². The zero-order chi connectivity index (χ0) is 26.6. The van der Waals surface area contributed by atoms with Gasteiger partial charge >= 0.3 is 0 Å². The van der Waals surface area contributed by atoms with E-state index >= 15 is 0 Å². The second-order valence-electron chi connectivity index (χ2n) is 9.89. The predicted molar refractivity (Wildman–Crippen MR) is 156 cm³/mol. The van der Waals surface area contributed by atoms with Gasteiger partial charge in [0.2, 0.25) is 5.91 Å². The Hall–Kier alpha value is -3.97. The van der Waals surface area contributed by atoms with Crippen LogP contribution in [0.4, 0.5) is 5.69 Å². The van der Waals surface area contributed by atoms with Crippen molar-refractivity contribution in [3.63, 3.8) is 0 Å². The number of rotatable bonds is 8. The number of nitrogens with one attached hydrogen (secondary N) is 2. The fourth-order valence-corrected chi connectivity index (χ4v) is 5.62. The summed E-state index contributed by atoms with van der Waals surface area (Å²) in [7, 11) is 0. The van der Waals surface area contributed by atoms with Gasteiger partial charge in [-0.1, -0.05) is 48.5 Å². The third kappa shape index (κ3) is 5.48. The van der Waals surface area contributed by atoms with Crippen LogP contribution in [0.25, 0.3) is 0 Å². The van der Waals surface area contributed by atoms with Crippen LogP contribution < -0.4 is 10.6 Å². The maximum absolute atomic E-state index is 12.9. The molecular weight excluding hydrogens is 490 g/mol. The van der Waals surface area contributed by atoms with E-state index < -0.39 is 0 Å². The third-order valence-electron chi connectivity index (χ3n) is 7.19. The lowest BCUT2D eigenvalue weighted by atomic mass is 9.96. The number of thiocarbonyl (C=S) groups is 1. The SMILES string of the molecule is Cc1cccc(NC(=O)CCN2C(=S)N[C@@H](c3ccccn3)[C@H]2c2cc(C)n(Cc3ccccc3)c2C)c1. The summed E-state index contributed by atoms with van der Waals surface area (Å²) in [6.45, 7) is 7.64. The molecule has 5 rings (SSSR count). The highest BCUT2D eigenvalue weighted by Crippen LogP contribution is 2.41. The molecule has 0 bridgehead atoms. The average Bonchev–Trinajstić information content (AvgIpc) is 3.39. The van der Waals surface area contributed by atoms with Crippen LogP contribution in [-0.2, 0) is 11.3 Å². The van der Waals surface area contributed by atoms with Crippen molar-refractivity contribution in [2.75, 3.05) is 11.9 Å². The van der Waals surface area contributed by atoms with E-state index in [1.54, 1.807) is 0 Å². The molecule has 0 saturated carbocycles. The summed E-state index contributed by atoms with van der Waals surface area (Å²) in [5.41, 5.74) is 7.68. The molecule has 2 atom stereocenters. The summed E-state index contributed by atoms with van der Waals surface area (Å²) in [4.78, 5) is 19.7. The smallest absolute Gasteiger partial charge is 0.226 e. The van der Waals surface area contributed by atoms with Crippen molar-refractivity contribution in [3.8, 4) is 0 Å². The van der Waals surface area contributed by atoms with Gasteiger partial charge in [-0.15, -0.1) is 0 Å². The predicted octanol–water partition coefficient (Wildman–Crippen LogP) is 5.86. The number of anilines is 1. The Labute approximate surface area is 229 Å². The number of amides is 1.